The Morgan fingerprint density at radius 2 is 1.75 bits per heavy atom. The minimum atomic E-state index is -3.60. The number of anilines is 2. The summed E-state index contributed by atoms with van der Waals surface area (Å²) in [4.78, 5) is 0.174. The van der Waals surface area contributed by atoms with Crippen molar-refractivity contribution in [1.29, 1.82) is 0 Å². The van der Waals surface area contributed by atoms with Crippen LogP contribution in [0.1, 0.15) is 18.1 Å². The molecule has 0 atom stereocenters. The molecule has 3 N–H and O–H groups in total. The maximum atomic E-state index is 12.3. The lowest BCUT2D eigenvalue weighted by Gasteiger charge is -2.10. The number of benzene rings is 2. The van der Waals surface area contributed by atoms with E-state index in [1.165, 1.54) is 6.07 Å². The predicted molar refractivity (Wildman–Crippen MR) is 82.2 cm³/mol. The van der Waals surface area contributed by atoms with Crippen molar-refractivity contribution in [3.8, 4) is 0 Å². The van der Waals surface area contributed by atoms with E-state index < -0.39 is 10.0 Å². The molecule has 0 heterocycles. The first-order valence-electron chi connectivity index (χ1n) is 6.40. The second-order valence-corrected chi connectivity index (χ2v) is 6.37. The molecule has 0 aromatic heterocycles. The third-order valence-electron chi connectivity index (χ3n) is 3.11. The third-order valence-corrected chi connectivity index (χ3v) is 4.49. The second kappa shape index (κ2) is 5.54. The highest BCUT2D eigenvalue weighted by molar-refractivity contribution is 7.92. The van der Waals surface area contributed by atoms with Crippen LogP contribution in [0.25, 0.3) is 0 Å². The Labute approximate surface area is 119 Å². The zero-order valence-electron chi connectivity index (χ0n) is 11.6. The van der Waals surface area contributed by atoms with Crippen LogP contribution in [-0.4, -0.2) is 8.42 Å². The van der Waals surface area contributed by atoms with E-state index in [-0.39, 0.29) is 4.90 Å². The van der Waals surface area contributed by atoms with Crippen molar-refractivity contribution in [2.45, 2.75) is 25.2 Å². The lowest BCUT2D eigenvalue weighted by Crippen LogP contribution is -2.13. The number of rotatable bonds is 4. The van der Waals surface area contributed by atoms with Gasteiger partial charge in [-0.25, -0.2) is 8.42 Å². The van der Waals surface area contributed by atoms with Gasteiger partial charge in [-0.2, -0.15) is 0 Å². The van der Waals surface area contributed by atoms with Gasteiger partial charge in [-0.15, -0.1) is 0 Å². The number of nitrogens with one attached hydrogen (secondary N) is 1. The summed E-state index contributed by atoms with van der Waals surface area (Å²) in [5, 5.41) is 0. The summed E-state index contributed by atoms with van der Waals surface area (Å²) in [5.41, 5.74) is 8.90. The molecule has 4 nitrogen and oxygen atoms in total. The van der Waals surface area contributed by atoms with Crippen molar-refractivity contribution in [2.24, 2.45) is 0 Å². The van der Waals surface area contributed by atoms with E-state index in [9.17, 15) is 8.42 Å². The molecule has 106 valence electrons. The molecule has 2 aromatic carbocycles. The van der Waals surface area contributed by atoms with Gasteiger partial charge in [0.05, 0.1) is 4.90 Å². The second-order valence-electron chi connectivity index (χ2n) is 4.69. The van der Waals surface area contributed by atoms with E-state index >= 15 is 0 Å². The van der Waals surface area contributed by atoms with Crippen LogP contribution in [0.15, 0.2) is 47.4 Å². The van der Waals surface area contributed by atoms with Crippen LogP contribution in [0.3, 0.4) is 0 Å². The fourth-order valence-electron chi connectivity index (χ4n) is 1.90. The van der Waals surface area contributed by atoms with E-state index in [1.807, 2.05) is 26.0 Å². The summed E-state index contributed by atoms with van der Waals surface area (Å²) >= 11 is 0. The average molecular weight is 290 g/mol. The largest absolute Gasteiger partial charge is 0.398 e. The average Bonchev–Trinajstić information content (AvgIpc) is 2.41. The molecule has 2 aromatic rings. The van der Waals surface area contributed by atoms with Gasteiger partial charge in [-0.3, -0.25) is 4.72 Å². The van der Waals surface area contributed by atoms with Gasteiger partial charge in [0.25, 0.3) is 10.0 Å². The van der Waals surface area contributed by atoms with Crippen molar-refractivity contribution in [2.75, 3.05) is 10.5 Å². The van der Waals surface area contributed by atoms with Crippen molar-refractivity contribution < 1.29 is 8.42 Å². The van der Waals surface area contributed by atoms with Crippen molar-refractivity contribution in [1.82, 2.24) is 0 Å². The number of aryl methyl sites for hydroxylation is 2. The van der Waals surface area contributed by atoms with E-state index in [2.05, 4.69) is 4.72 Å². The fraction of sp³-hybridized carbons (Fsp3) is 0.200. The normalized spacial score (nSPS) is 11.3. The Bertz CT molecular complexity index is 707. The fourth-order valence-corrected chi connectivity index (χ4v) is 2.99. The maximum absolute atomic E-state index is 12.3. The number of hydrogen-bond donors (Lipinski definition) is 2. The predicted octanol–water partition coefficient (Wildman–Crippen LogP) is 2.94. The monoisotopic (exact) mass is 290 g/mol. The van der Waals surface area contributed by atoms with Crippen molar-refractivity contribution >= 4 is 21.4 Å². The lowest BCUT2D eigenvalue weighted by molar-refractivity contribution is 0.601. The van der Waals surface area contributed by atoms with Crippen LogP contribution in [0.5, 0.6) is 0 Å². The first-order valence-corrected chi connectivity index (χ1v) is 7.88. The molecule has 0 bridgehead atoms. The van der Waals surface area contributed by atoms with Crippen LogP contribution in [0.2, 0.25) is 0 Å². The van der Waals surface area contributed by atoms with Gasteiger partial charge in [-0.1, -0.05) is 30.7 Å². The van der Waals surface area contributed by atoms with Gasteiger partial charge in [0.15, 0.2) is 0 Å². The molecule has 0 amide bonds. The Hall–Kier alpha value is -2.01. The highest BCUT2D eigenvalue weighted by Gasteiger charge is 2.15. The van der Waals surface area contributed by atoms with E-state index in [4.69, 9.17) is 5.73 Å². The zero-order valence-corrected chi connectivity index (χ0v) is 12.4. The van der Waals surface area contributed by atoms with Gasteiger partial charge in [-0.05, 0) is 43.2 Å². The highest BCUT2D eigenvalue weighted by Crippen LogP contribution is 2.21. The number of nitrogens with two attached hydrogens (primary N) is 1. The number of hydrogen-bond acceptors (Lipinski definition) is 3. The standard InChI is InChI=1S/C15H18N2O2S/c1-3-12-6-9-14(10-15(12)16)20(18,19)17-13-7-4-11(2)5-8-13/h4-10,17H,3,16H2,1-2H3. The molecular weight excluding hydrogens is 272 g/mol. The Morgan fingerprint density at radius 1 is 1.10 bits per heavy atom. The van der Waals surface area contributed by atoms with Crippen LogP contribution < -0.4 is 10.5 Å². The quantitative estimate of drug-likeness (QED) is 0.850. The van der Waals surface area contributed by atoms with Gasteiger partial charge >= 0.3 is 0 Å². The number of nitrogen functional groups attached to an aromatic ring is 1. The Kier molecular flexibility index (Phi) is 3.99. The minimum absolute atomic E-state index is 0.174. The van der Waals surface area contributed by atoms with Gasteiger partial charge in [0, 0.05) is 11.4 Å². The first kappa shape index (κ1) is 14.4. The molecule has 0 radical (unpaired) electrons. The summed E-state index contributed by atoms with van der Waals surface area (Å²) in [6.07, 6.45) is 0.775. The maximum Gasteiger partial charge on any atom is 0.261 e. The molecular formula is C15H18N2O2S. The van der Waals surface area contributed by atoms with Gasteiger partial charge in [0.2, 0.25) is 0 Å². The molecule has 0 saturated heterocycles. The van der Waals surface area contributed by atoms with Crippen LogP contribution in [-0.2, 0) is 16.4 Å². The lowest BCUT2D eigenvalue weighted by atomic mass is 10.1. The van der Waals surface area contributed by atoms with Crippen molar-refractivity contribution in [3.05, 3.63) is 53.6 Å². The summed E-state index contributed by atoms with van der Waals surface area (Å²) in [7, 11) is -3.60. The van der Waals surface area contributed by atoms with E-state index in [0.717, 1.165) is 17.5 Å². The highest BCUT2D eigenvalue weighted by atomic mass is 32.2. The Morgan fingerprint density at radius 3 is 2.30 bits per heavy atom. The molecule has 0 unspecified atom stereocenters. The summed E-state index contributed by atoms with van der Waals surface area (Å²) in [6, 6.07) is 12.0. The topological polar surface area (TPSA) is 72.2 Å². The zero-order chi connectivity index (χ0) is 14.8. The SMILES string of the molecule is CCc1ccc(S(=O)(=O)Nc2ccc(C)cc2)cc1N. The van der Waals surface area contributed by atoms with Crippen LogP contribution in [0.4, 0.5) is 11.4 Å². The van der Waals surface area contributed by atoms with E-state index in [1.54, 1.807) is 24.3 Å². The van der Waals surface area contributed by atoms with Crippen LogP contribution >= 0.6 is 0 Å². The Balaban J connectivity index is 2.30. The molecule has 0 saturated carbocycles. The summed E-state index contributed by atoms with van der Waals surface area (Å²) in [6.45, 7) is 3.92. The molecule has 0 fully saturated rings. The molecule has 2 rings (SSSR count). The summed E-state index contributed by atoms with van der Waals surface area (Å²) in [5.74, 6) is 0. The first-order chi connectivity index (χ1) is 9.42. The van der Waals surface area contributed by atoms with E-state index in [0.29, 0.717) is 11.4 Å². The van der Waals surface area contributed by atoms with Gasteiger partial charge < -0.3 is 5.73 Å². The molecule has 0 aliphatic rings. The van der Waals surface area contributed by atoms with Crippen molar-refractivity contribution in [3.63, 3.8) is 0 Å². The minimum Gasteiger partial charge on any atom is -0.398 e. The molecule has 5 heteroatoms. The van der Waals surface area contributed by atoms with Crippen LogP contribution in [0, 0.1) is 6.92 Å². The summed E-state index contributed by atoms with van der Waals surface area (Å²) < 4.78 is 27.1. The molecule has 0 spiro atoms. The molecule has 20 heavy (non-hydrogen) atoms. The number of sulfonamides is 1. The third kappa shape index (κ3) is 3.11. The molecule has 0 aliphatic carbocycles. The smallest absolute Gasteiger partial charge is 0.261 e. The molecule has 0 aliphatic heterocycles. The van der Waals surface area contributed by atoms with Gasteiger partial charge in [0.1, 0.15) is 0 Å².